The molecule has 0 bridgehead atoms. The second-order valence-corrected chi connectivity index (χ2v) is 5.05. The van der Waals surface area contributed by atoms with Crippen LogP contribution in [0.15, 0.2) is 42.5 Å². The molecule has 0 heterocycles. The second kappa shape index (κ2) is 7.33. The standard InChI is InChI=1S/C16H19F2NO2/c1-19(10-16(17)18)9-13(20)11-21-15-8-4-6-12-5-2-3-7-14(12)15/h2-8,13,16,20H,9-11H2,1H3. The molecule has 2 aromatic rings. The Balaban J connectivity index is 1.92. The molecule has 0 spiro atoms. The van der Waals surface area contributed by atoms with Crippen molar-refractivity contribution < 1.29 is 18.6 Å². The van der Waals surface area contributed by atoms with Gasteiger partial charge in [-0.15, -0.1) is 0 Å². The molecular formula is C16H19F2NO2. The highest BCUT2D eigenvalue weighted by Crippen LogP contribution is 2.25. The first-order valence-corrected chi connectivity index (χ1v) is 6.81. The summed E-state index contributed by atoms with van der Waals surface area (Å²) < 4.78 is 30.0. The molecule has 0 saturated heterocycles. The molecule has 1 unspecified atom stereocenters. The van der Waals surface area contributed by atoms with Gasteiger partial charge in [-0.1, -0.05) is 36.4 Å². The summed E-state index contributed by atoms with van der Waals surface area (Å²) in [7, 11) is 1.55. The lowest BCUT2D eigenvalue weighted by molar-refractivity contribution is 0.0476. The van der Waals surface area contributed by atoms with Gasteiger partial charge in [0.2, 0.25) is 0 Å². The van der Waals surface area contributed by atoms with Crippen molar-refractivity contribution in [2.24, 2.45) is 0 Å². The molecule has 1 atom stereocenters. The maximum absolute atomic E-state index is 12.2. The van der Waals surface area contributed by atoms with Crippen LogP contribution in [0.4, 0.5) is 8.78 Å². The largest absolute Gasteiger partial charge is 0.490 e. The lowest BCUT2D eigenvalue weighted by Gasteiger charge is -2.20. The molecule has 5 heteroatoms. The van der Waals surface area contributed by atoms with Crippen molar-refractivity contribution >= 4 is 10.8 Å². The van der Waals surface area contributed by atoms with Crippen LogP contribution in [0.1, 0.15) is 0 Å². The molecule has 0 saturated carbocycles. The molecule has 0 aliphatic carbocycles. The SMILES string of the molecule is CN(CC(F)F)CC(O)COc1cccc2ccccc12. The highest BCUT2D eigenvalue weighted by atomic mass is 19.3. The Kier molecular flexibility index (Phi) is 5.47. The van der Waals surface area contributed by atoms with Crippen molar-refractivity contribution in [3.05, 3.63) is 42.5 Å². The first-order valence-electron chi connectivity index (χ1n) is 6.81. The number of rotatable bonds is 7. The summed E-state index contributed by atoms with van der Waals surface area (Å²) in [5.74, 6) is 0.684. The van der Waals surface area contributed by atoms with E-state index in [1.165, 1.54) is 4.90 Å². The van der Waals surface area contributed by atoms with Crippen LogP contribution in [0.2, 0.25) is 0 Å². The highest BCUT2D eigenvalue weighted by molar-refractivity contribution is 5.88. The fraction of sp³-hybridized carbons (Fsp3) is 0.375. The van der Waals surface area contributed by atoms with Gasteiger partial charge in [-0.3, -0.25) is 4.90 Å². The van der Waals surface area contributed by atoms with Crippen LogP contribution in [-0.2, 0) is 0 Å². The van der Waals surface area contributed by atoms with Crippen LogP contribution < -0.4 is 4.74 Å². The topological polar surface area (TPSA) is 32.7 Å². The molecule has 0 aromatic heterocycles. The summed E-state index contributed by atoms with van der Waals surface area (Å²) in [6.45, 7) is -0.137. The first kappa shape index (κ1) is 15.7. The summed E-state index contributed by atoms with van der Waals surface area (Å²) in [6.07, 6.45) is -3.21. The van der Waals surface area contributed by atoms with Gasteiger partial charge in [0.15, 0.2) is 0 Å². The van der Waals surface area contributed by atoms with E-state index in [-0.39, 0.29) is 19.7 Å². The maximum Gasteiger partial charge on any atom is 0.251 e. The van der Waals surface area contributed by atoms with E-state index < -0.39 is 12.5 Å². The number of fused-ring (bicyclic) bond motifs is 1. The molecule has 0 fully saturated rings. The van der Waals surface area contributed by atoms with Gasteiger partial charge in [0.05, 0.1) is 6.54 Å². The van der Waals surface area contributed by atoms with Crippen molar-refractivity contribution in [1.82, 2.24) is 4.90 Å². The summed E-state index contributed by atoms with van der Waals surface area (Å²) in [4.78, 5) is 1.39. The predicted octanol–water partition coefficient (Wildman–Crippen LogP) is 2.78. The molecule has 2 aromatic carbocycles. The molecular weight excluding hydrogens is 276 g/mol. The lowest BCUT2D eigenvalue weighted by Crippen LogP contribution is -2.35. The maximum atomic E-state index is 12.2. The third-order valence-electron chi connectivity index (χ3n) is 3.15. The van der Waals surface area contributed by atoms with E-state index in [2.05, 4.69) is 0 Å². The normalized spacial score (nSPS) is 13.0. The van der Waals surface area contributed by atoms with Gasteiger partial charge in [-0.05, 0) is 18.5 Å². The van der Waals surface area contributed by atoms with Crippen LogP contribution in [0, 0.1) is 0 Å². The molecule has 2 rings (SSSR count). The molecule has 1 N–H and O–H groups in total. The third kappa shape index (κ3) is 4.65. The fourth-order valence-electron chi connectivity index (χ4n) is 2.23. The zero-order valence-electron chi connectivity index (χ0n) is 11.9. The van der Waals surface area contributed by atoms with Crippen molar-refractivity contribution in [3.63, 3.8) is 0 Å². The quantitative estimate of drug-likeness (QED) is 0.852. The monoisotopic (exact) mass is 295 g/mol. The molecule has 0 amide bonds. The Morgan fingerprint density at radius 1 is 1.10 bits per heavy atom. The van der Waals surface area contributed by atoms with Crippen molar-refractivity contribution in [2.45, 2.75) is 12.5 Å². The Bertz CT molecular complexity index is 572. The van der Waals surface area contributed by atoms with E-state index >= 15 is 0 Å². The minimum Gasteiger partial charge on any atom is -0.490 e. The average molecular weight is 295 g/mol. The summed E-state index contributed by atoms with van der Waals surface area (Å²) in [5, 5.41) is 11.9. The number of benzene rings is 2. The van der Waals surface area contributed by atoms with Gasteiger partial charge in [-0.2, -0.15) is 0 Å². The van der Waals surface area contributed by atoms with Gasteiger partial charge in [0.1, 0.15) is 18.5 Å². The van der Waals surface area contributed by atoms with E-state index in [4.69, 9.17) is 4.74 Å². The number of halogens is 2. The molecule has 3 nitrogen and oxygen atoms in total. The van der Waals surface area contributed by atoms with Gasteiger partial charge < -0.3 is 9.84 Å². The first-order chi connectivity index (χ1) is 10.1. The number of aliphatic hydroxyl groups is 1. The molecule has 21 heavy (non-hydrogen) atoms. The lowest BCUT2D eigenvalue weighted by atomic mass is 10.1. The molecule has 114 valence electrons. The van der Waals surface area contributed by atoms with E-state index in [0.717, 1.165) is 10.8 Å². The van der Waals surface area contributed by atoms with E-state index in [1.807, 2.05) is 42.5 Å². The van der Waals surface area contributed by atoms with E-state index in [0.29, 0.717) is 5.75 Å². The highest BCUT2D eigenvalue weighted by Gasteiger charge is 2.13. The number of likely N-dealkylation sites (N-methyl/N-ethyl adjacent to an activating group) is 1. The van der Waals surface area contributed by atoms with Crippen LogP contribution in [0.25, 0.3) is 10.8 Å². The van der Waals surface area contributed by atoms with Crippen molar-refractivity contribution in [2.75, 3.05) is 26.7 Å². The smallest absolute Gasteiger partial charge is 0.251 e. The Labute approximate surface area is 122 Å². The zero-order valence-corrected chi connectivity index (χ0v) is 11.9. The van der Waals surface area contributed by atoms with Gasteiger partial charge in [0, 0.05) is 11.9 Å². The Hall–Kier alpha value is -1.72. The van der Waals surface area contributed by atoms with Crippen LogP contribution in [0.5, 0.6) is 5.75 Å². The molecule has 0 aliphatic rings. The zero-order chi connectivity index (χ0) is 15.2. The second-order valence-electron chi connectivity index (χ2n) is 5.05. The summed E-state index contributed by atoms with van der Waals surface area (Å²) in [5.41, 5.74) is 0. The summed E-state index contributed by atoms with van der Waals surface area (Å²) in [6, 6.07) is 13.5. The third-order valence-corrected chi connectivity index (χ3v) is 3.15. The van der Waals surface area contributed by atoms with Crippen LogP contribution >= 0.6 is 0 Å². The van der Waals surface area contributed by atoms with Crippen molar-refractivity contribution in [1.29, 1.82) is 0 Å². The number of hydrogen-bond donors (Lipinski definition) is 1. The molecule has 0 radical (unpaired) electrons. The van der Waals surface area contributed by atoms with E-state index in [1.54, 1.807) is 7.05 Å². The van der Waals surface area contributed by atoms with Gasteiger partial charge in [-0.25, -0.2) is 8.78 Å². The molecule has 0 aliphatic heterocycles. The van der Waals surface area contributed by atoms with Gasteiger partial charge >= 0.3 is 0 Å². The van der Waals surface area contributed by atoms with Crippen molar-refractivity contribution in [3.8, 4) is 5.75 Å². The van der Waals surface area contributed by atoms with E-state index in [9.17, 15) is 13.9 Å². The Morgan fingerprint density at radius 3 is 2.57 bits per heavy atom. The van der Waals surface area contributed by atoms with Crippen LogP contribution in [0.3, 0.4) is 0 Å². The number of alkyl halides is 2. The fourth-order valence-corrected chi connectivity index (χ4v) is 2.23. The number of nitrogens with zero attached hydrogens (tertiary/aromatic N) is 1. The summed E-state index contributed by atoms with van der Waals surface area (Å²) >= 11 is 0. The van der Waals surface area contributed by atoms with Crippen LogP contribution in [-0.4, -0.2) is 49.3 Å². The average Bonchev–Trinajstić information content (AvgIpc) is 2.44. The Morgan fingerprint density at radius 2 is 1.81 bits per heavy atom. The minimum absolute atomic E-state index is 0.0710. The number of ether oxygens (including phenoxy) is 1. The number of hydrogen-bond acceptors (Lipinski definition) is 3. The number of aliphatic hydroxyl groups excluding tert-OH is 1. The predicted molar refractivity (Wildman–Crippen MR) is 79.0 cm³/mol. The van der Waals surface area contributed by atoms with Gasteiger partial charge in [0.25, 0.3) is 6.43 Å². The minimum atomic E-state index is -2.40.